The van der Waals surface area contributed by atoms with Gasteiger partial charge in [0.15, 0.2) is 0 Å². The molecule has 2 atom stereocenters. The van der Waals surface area contributed by atoms with E-state index in [1.54, 1.807) is 4.90 Å². The molecule has 0 bridgehead atoms. The second kappa shape index (κ2) is 8.84. The van der Waals surface area contributed by atoms with Crippen LogP contribution in [0, 0.1) is 0 Å². The maximum Gasteiger partial charge on any atom is 0.247 e. The van der Waals surface area contributed by atoms with Crippen molar-refractivity contribution >= 4 is 28.3 Å². The Hall–Kier alpha value is -2.58. The van der Waals surface area contributed by atoms with E-state index in [4.69, 9.17) is 5.73 Å². The molecule has 2 heterocycles. The third-order valence-corrected chi connectivity index (χ3v) is 6.24. The van der Waals surface area contributed by atoms with Crippen molar-refractivity contribution < 1.29 is 9.59 Å². The van der Waals surface area contributed by atoms with Crippen LogP contribution >= 0.6 is 11.5 Å². The SMILES string of the molecule is N[C@H](C(=O)N1CCC[C@H]1C(=O)Nc1snnc1-c1ccccc1)C1=CCCCC1. The van der Waals surface area contributed by atoms with Crippen LogP contribution in [0.3, 0.4) is 0 Å². The molecule has 1 fully saturated rings. The first-order chi connectivity index (χ1) is 14.1. The summed E-state index contributed by atoms with van der Waals surface area (Å²) < 4.78 is 3.99. The van der Waals surface area contributed by atoms with E-state index in [2.05, 4.69) is 21.0 Å². The van der Waals surface area contributed by atoms with Crippen molar-refractivity contribution in [3.8, 4) is 11.3 Å². The van der Waals surface area contributed by atoms with Crippen molar-refractivity contribution in [2.45, 2.75) is 50.6 Å². The number of nitrogens with zero attached hydrogens (tertiary/aromatic N) is 3. The molecule has 1 saturated heterocycles. The van der Waals surface area contributed by atoms with Gasteiger partial charge in [0.2, 0.25) is 11.8 Å². The third kappa shape index (κ3) is 4.23. The van der Waals surface area contributed by atoms with E-state index in [0.29, 0.717) is 23.7 Å². The van der Waals surface area contributed by atoms with Crippen molar-refractivity contribution in [2.24, 2.45) is 5.73 Å². The highest BCUT2D eigenvalue weighted by atomic mass is 32.1. The molecule has 8 heteroatoms. The van der Waals surface area contributed by atoms with Gasteiger partial charge in [0.25, 0.3) is 0 Å². The summed E-state index contributed by atoms with van der Waals surface area (Å²) in [4.78, 5) is 27.7. The van der Waals surface area contributed by atoms with E-state index >= 15 is 0 Å². The van der Waals surface area contributed by atoms with Gasteiger partial charge in [0, 0.05) is 23.6 Å². The molecule has 2 aliphatic rings. The van der Waals surface area contributed by atoms with Crippen LogP contribution in [0.5, 0.6) is 0 Å². The molecule has 0 unspecified atom stereocenters. The Morgan fingerprint density at radius 3 is 2.79 bits per heavy atom. The van der Waals surface area contributed by atoms with Crippen molar-refractivity contribution in [3.63, 3.8) is 0 Å². The molecule has 1 aromatic heterocycles. The van der Waals surface area contributed by atoms with Gasteiger partial charge in [-0.2, -0.15) is 0 Å². The first-order valence-corrected chi connectivity index (χ1v) is 10.9. The minimum atomic E-state index is -0.645. The van der Waals surface area contributed by atoms with Gasteiger partial charge in [-0.15, -0.1) is 5.10 Å². The summed E-state index contributed by atoms with van der Waals surface area (Å²) >= 11 is 1.14. The van der Waals surface area contributed by atoms with Crippen molar-refractivity contribution in [2.75, 3.05) is 11.9 Å². The van der Waals surface area contributed by atoms with Crippen LogP contribution in [0.25, 0.3) is 11.3 Å². The van der Waals surface area contributed by atoms with E-state index in [1.165, 1.54) is 0 Å². The van der Waals surface area contributed by atoms with E-state index in [1.807, 2.05) is 30.3 Å². The molecular formula is C21H25N5O2S. The van der Waals surface area contributed by atoms with Crippen LogP contribution in [0.1, 0.15) is 38.5 Å². The van der Waals surface area contributed by atoms with E-state index in [0.717, 1.165) is 54.8 Å². The van der Waals surface area contributed by atoms with E-state index in [-0.39, 0.29) is 11.8 Å². The van der Waals surface area contributed by atoms with Gasteiger partial charge in [-0.1, -0.05) is 40.9 Å². The molecule has 4 rings (SSSR count). The molecule has 2 amide bonds. The normalized spacial score (nSPS) is 20.2. The Balaban J connectivity index is 1.47. The fourth-order valence-corrected chi connectivity index (χ4v) is 4.63. The van der Waals surface area contributed by atoms with Crippen LogP contribution < -0.4 is 11.1 Å². The van der Waals surface area contributed by atoms with Crippen LogP contribution in [-0.4, -0.2) is 44.9 Å². The fraction of sp³-hybridized carbons (Fsp3) is 0.429. The molecule has 0 radical (unpaired) electrons. The van der Waals surface area contributed by atoms with Crippen LogP contribution in [0.15, 0.2) is 42.0 Å². The molecule has 1 aliphatic heterocycles. The molecule has 1 aromatic carbocycles. The number of carbonyl (C=O) groups excluding carboxylic acids is 2. The molecule has 1 aliphatic carbocycles. The average molecular weight is 412 g/mol. The largest absolute Gasteiger partial charge is 0.329 e. The Kier molecular flexibility index (Phi) is 6.01. The van der Waals surface area contributed by atoms with Crippen LogP contribution in [0.2, 0.25) is 0 Å². The predicted molar refractivity (Wildman–Crippen MR) is 113 cm³/mol. The highest BCUT2D eigenvalue weighted by Crippen LogP contribution is 2.30. The maximum absolute atomic E-state index is 13.0. The highest BCUT2D eigenvalue weighted by molar-refractivity contribution is 7.10. The van der Waals surface area contributed by atoms with Crippen molar-refractivity contribution in [1.82, 2.24) is 14.5 Å². The molecule has 152 valence electrons. The Morgan fingerprint density at radius 1 is 1.21 bits per heavy atom. The topological polar surface area (TPSA) is 101 Å². The summed E-state index contributed by atoms with van der Waals surface area (Å²) in [6, 6.07) is 8.45. The zero-order valence-electron chi connectivity index (χ0n) is 16.2. The number of carbonyl (C=O) groups is 2. The Bertz CT molecular complexity index is 911. The number of amides is 2. The number of rotatable bonds is 5. The lowest BCUT2D eigenvalue weighted by Crippen LogP contribution is -2.50. The zero-order valence-corrected chi connectivity index (χ0v) is 17.0. The Morgan fingerprint density at radius 2 is 2.03 bits per heavy atom. The summed E-state index contributed by atoms with van der Waals surface area (Å²) in [5, 5.41) is 7.69. The van der Waals surface area contributed by atoms with E-state index < -0.39 is 12.1 Å². The maximum atomic E-state index is 13.0. The minimum Gasteiger partial charge on any atom is -0.329 e. The third-order valence-electron chi connectivity index (χ3n) is 5.60. The van der Waals surface area contributed by atoms with Crippen molar-refractivity contribution in [1.29, 1.82) is 0 Å². The van der Waals surface area contributed by atoms with E-state index in [9.17, 15) is 9.59 Å². The number of nitrogens with two attached hydrogens (primary N) is 1. The molecular weight excluding hydrogens is 386 g/mol. The lowest BCUT2D eigenvalue weighted by Gasteiger charge is -2.28. The lowest BCUT2D eigenvalue weighted by atomic mass is 9.93. The van der Waals surface area contributed by atoms with Gasteiger partial charge in [-0.25, -0.2) is 0 Å². The summed E-state index contributed by atoms with van der Waals surface area (Å²) in [5.74, 6) is -0.356. The predicted octanol–water partition coefficient (Wildman–Crippen LogP) is 2.96. The van der Waals surface area contributed by atoms with Crippen molar-refractivity contribution in [3.05, 3.63) is 42.0 Å². The molecule has 3 N–H and O–H groups in total. The summed E-state index contributed by atoms with van der Waals surface area (Å²) in [5.41, 5.74) is 8.80. The zero-order chi connectivity index (χ0) is 20.2. The standard InChI is InChI=1S/C21H25N5O2S/c22-17(14-8-3-1-4-9-14)21(28)26-13-7-12-16(26)19(27)23-20-18(24-25-29-20)15-10-5-2-6-11-15/h2,5-6,8,10-11,16-17H,1,3-4,7,9,12-13,22H2,(H,23,27)/t16-,17-/m0/s1. The number of hydrogen-bond acceptors (Lipinski definition) is 6. The second-order valence-electron chi connectivity index (χ2n) is 7.50. The number of allylic oxidation sites excluding steroid dienone is 1. The van der Waals surface area contributed by atoms with Crippen LogP contribution in [0.4, 0.5) is 5.00 Å². The average Bonchev–Trinajstić information content (AvgIpc) is 3.43. The molecule has 2 aromatic rings. The number of likely N-dealkylation sites (tertiary alicyclic amines) is 1. The second-order valence-corrected chi connectivity index (χ2v) is 8.25. The molecule has 29 heavy (non-hydrogen) atoms. The van der Waals surface area contributed by atoms with Gasteiger partial charge < -0.3 is 16.0 Å². The smallest absolute Gasteiger partial charge is 0.247 e. The number of anilines is 1. The van der Waals surface area contributed by atoms with Gasteiger partial charge in [0.05, 0.1) is 0 Å². The fourth-order valence-electron chi connectivity index (χ4n) is 4.04. The summed E-state index contributed by atoms with van der Waals surface area (Å²) in [7, 11) is 0. The lowest BCUT2D eigenvalue weighted by molar-refractivity contribution is -0.137. The quantitative estimate of drug-likeness (QED) is 0.737. The first kappa shape index (κ1) is 19.7. The molecule has 0 spiro atoms. The Labute approximate surface area is 174 Å². The monoisotopic (exact) mass is 411 g/mol. The van der Waals surface area contributed by atoms with Gasteiger partial charge in [-0.05, 0) is 44.1 Å². The molecule has 0 saturated carbocycles. The first-order valence-electron chi connectivity index (χ1n) is 10.1. The molecule has 7 nitrogen and oxygen atoms in total. The number of hydrogen-bond donors (Lipinski definition) is 2. The van der Waals surface area contributed by atoms with Gasteiger partial charge in [0.1, 0.15) is 22.8 Å². The number of aromatic nitrogens is 2. The number of benzene rings is 1. The number of nitrogens with one attached hydrogen (secondary N) is 1. The summed E-state index contributed by atoms with van der Waals surface area (Å²) in [6.45, 7) is 0.560. The minimum absolute atomic E-state index is 0.151. The van der Waals surface area contributed by atoms with Crippen LogP contribution in [-0.2, 0) is 9.59 Å². The van der Waals surface area contributed by atoms with Gasteiger partial charge in [-0.3, -0.25) is 9.59 Å². The van der Waals surface area contributed by atoms with Gasteiger partial charge >= 0.3 is 0 Å². The highest BCUT2D eigenvalue weighted by Gasteiger charge is 2.37. The summed E-state index contributed by atoms with van der Waals surface area (Å²) in [6.07, 6.45) is 7.57.